The van der Waals surface area contributed by atoms with Crippen LogP contribution in [0.5, 0.6) is 0 Å². The van der Waals surface area contributed by atoms with Crippen LogP contribution in [0.15, 0.2) is 55.5 Å². The first kappa shape index (κ1) is 14.1. The molecular weight excluding hydrogens is 354 g/mol. The van der Waals surface area contributed by atoms with Gasteiger partial charge in [0.2, 0.25) is 5.91 Å². The van der Waals surface area contributed by atoms with Gasteiger partial charge in [0.1, 0.15) is 11.5 Å². The Morgan fingerprint density at radius 3 is 2.76 bits per heavy atom. The maximum absolute atomic E-state index is 11.0. The van der Waals surface area contributed by atoms with E-state index in [2.05, 4.69) is 31.4 Å². The molecule has 106 valence electrons. The van der Waals surface area contributed by atoms with E-state index >= 15 is 0 Å². The number of benzene rings is 1. The number of carbonyl (C=O) groups is 1. The molecular formula is C14H10BrN3O2S. The highest BCUT2D eigenvalue weighted by Crippen LogP contribution is 2.23. The zero-order chi connectivity index (χ0) is 14.7. The minimum atomic E-state index is -0.0514. The van der Waals surface area contributed by atoms with Crippen molar-refractivity contribution in [2.75, 3.05) is 5.75 Å². The van der Waals surface area contributed by atoms with Gasteiger partial charge < -0.3 is 9.73 Å². The van der Waals surface area contributed by atoms with E-state index in [1.54, 1.807) is 0 Å². The molecule has 2 aromatic rings. The molecule has 0 spiro atoms. The van der Waals surface area contributed by atoms with Crippen LogP contribution in [0.3, 0.4) is 0 Å². The Morgan fingerprint density at radius 1 is 1.24 bits per heavy atom. The topological polar surface area (TPSA) is 67.0 Å². The summed E-state index contributed by atoms with van der Waals surface area (Å²) in [6.45, 7) is 0. The molecule has 0 aliphatic carbocycles. The summed E-state index contributed by atoms with van der Waals surface area (Å²) in [5.41, 5.74) is 0.989. The van der Waals surface area contributed by atoms with Crippen LogP contribution < -0.4 is 5.32 Å². The number of nitrogens with zero attached hydrogens (tertiary/aromatic N) is 2. The third-order valence-electron chi connectivity index (χ3n) is 2.68. The quantitative estimate of drug-likeness (QED) is 0.672. The van der Waals surface area contributed by atoms with Crippen LogP contribution in [0.2, 0.25) is 0 Å². The normalized spacial score (nSPS) is 16.8. The molecule has 1 aliphatic rings. The van der Waals surface area contributed by atoms with Crippen molar-refractivity contribution in [3.8, 4) is 11.3 Å². The number of thioether (sulfide) groups is 1. The van der Waals surface area contributed by atoms with Gasteiger partial charge in [-0.15, -0.1) is 5.10 Å². The van der Waals surface area contributed by atoms with Crippen molar-refractivity contribution >= 4 is 45.0 Å². The largest absolute Gasteiger partial charge is 0.455 e. The molecule has 2 heterocycles. The number of furan rings is 1. The second kappa shape index (κ2) is 6.28. The SMILES string of the molecule is O=C1CS/C(=N\N=C/c2ccc(-c3ccc(Br)cc3)o2)N1. The van der Waals surface area contributed by atoms with Crippen molar-refractivity contribution in [2.24, 2.45) is 10.2 Å². The van der Waals surface area contributed by atoms with Gasteiger partial charge >= 0.3 is 0 Å². The lowest BCUT2D eigenvalue weighted by atomic mass is 10.2. The van der Waals surface area contributed by atoms with Gasteiger partial charge in [-0.2, -0.15) is 5.10 Å². The highest BCUT2D eigenvalue weighted by Gasteiger charge is 2.15. The standard InChI is InChI=1S/C14H10BrN3O2S/c15-10-3-1-9(2-4-10)12-6-5-11(20-12)7-16-18-14-17-13(19)8-21-14/h1-7H,8H2,(H,17,18,19)/b16-7-. The summed E-state index contributed by atoms with van der Waals surface area (Å²) >= 11 is 4.73. The van der Waals surface area contributed by atoms with Gasteiger partial charge in [0.15, 0.2) is 5.17 Å². The molecule has 0 unspecified atom stereocenters. The summed E-state index contributed by atoms with van der Waals surface area (Å²) in [5, 5.41) is 10.9. The summed E-state index contributed by atoms with van der Waals surface area (Å²) in [6.07, 6.45) is 1.51. The molecule has 1 aromatic carbocycles. The molecule has 1 aromatic heterocycles. The lowest BCUT2D eigenvalue weighted by Gasteiger charge is -1.96. The van der Waals surface area contributed by atoms with Crippen LogP contribution in [0.25, 0.3) is 11.3 Å². The first-order valence-corrected chi connectivity index (χ1v) is 7.88. The minimum absolute atomic E-state index is 0.0514. The summed E-state index contributed by atoms with van der Waals surface area (Å²) in [5.74, 6) is 1.71. The molecule has 1 aliphatic heterocycles. The second-order valence-electron chi connectivity index (χ2n) is 4.20. The van der Waals surface area contributed by atoms with Gasteiger partial charge in [0, 0.05) is 10.0 Å². The summed E-state index contributed by atoms with van der Waals surface area (Å²) in [7, 11) is 0. The van der Waals surface area contributed by atoms with Gasteiger partial charge in [-0.05, 0) is 24.3 Å². The Hall–Kier alpha value is -1.86. The number of amides is 1. The van der Waals surface area contributed by atoms with Crippen molar-refractivity contribution in [1.82, 2.24) is 5.32 Å². The van der Waals surface area contributed by atoms with Gasteiger partial charge in [0.25, 0.3) is 0 Å². The molecule has 21 heavy (non-hydrogen) atoms. The molecule has 0 radical (unpaired) electrons. The van der Waals surface area contributed by atoms with E-state index in [9.17, 15) is 4.79 Å². The Bertz CT molecular complexity index is 722. The van der Waals surface area contributed by atoms with E-state index in [1.165, 1.54) is 18.0 Å². The molecule has 0 bridgehead atoms. The molecule has 1 fully saturated rings. The maximum Gasteiger partial charge on any atom is 0.236 e. The molecule has 0 atom stereocenters. The third-order valence-corrected chi connectivity index (χ3v) is 4.07. The zero-order valence-electron chi connectivity index (χ0n) is 10.7. The van der Waals surface area contributed by atoms with Gasteiger partial charge in [-0.25, -0.2) is 0 Å². The highest BCUT2D eigenvalue weighted by molar-refractivity contribution is 9.10. The predicted molar refractivity (Wildman–Crippen MR) is 87.5 cm³/mol. The van der Waals surface area contributed by atoms with Crippen LogP contribution in [0.1, 0.15) is 5.76 Å². The fraction of sp³-hybridized carbons (Fsp3) is 0.0714. The van der Waals surface area contributed by atoms with Gasteiger partial charge in [-0.1, -0.05) is 39.8 Å². The minimum Gasteiger partial charge on any atom is -0.455 e. The van der Waals surface area contributed by atoms with E-state index in [0.717, 1.165) is 15.8 Å². The first-order chi connectivity index (χ1) is 10.2. The number of amidine groups is 1. The highest BCUT2D eigenvalue weighted by atomic mass is 79.9. The molecule has 1 amide bonds. The van der Waals surface area contributed by atoms with Crippen LogP contribution in [0.4, 0.5) is 0 Å². The van der Waals surface area contributed by atoms with Crippen molar-refractivity contribution in [1.29, 1.82) is 0 Å². The molecule has 7 heteroatoms. The summed E-state index contributed by atoms with van der Waals surface area (Å²) in [4.78, 5) is 11.0. The fourth-order valence-corrected chi connectivity index (χ4v) is 2.60. The number of hydrogen-bond donors (Lipinski definition) is 1. The van der Waals surface area contributed by atoms with Crippen molar-refractivity contribution < 1.29 is 9.21 Å². The number of nitrogens with one attached hydrogen (secondary N) is 1. The average Bonchev–Trinajstić information content (AvgIpc) is 3.09. The Kier molecular flexibility index (Phi) is 4.21. The molecule has 3 rings (SSSR count). The van der Waals surface area contributed by atoms with Crippen molar-refractivity contribution in [3.05, 3.63) is 46.6 Å². The van der Waals surface area contributed by atoms with Gasteiger partial charge in [-0.3, -0.25) is 4.79 Å². The maximum atomic E-state index is 11.0. The van der Waals surface area contributed by atoms with Gasteiger partial charge in [0.05, 0.1) is 12.0 Å². The van der Waals surface area contributed by atoms with Crippen LogP contribution >= 0.6 is 27.7 Å². The van der Waals surface area contributed by atoms with Crippen LogP contribution in [-0.4, -0.2) is 23.0 Å². The number of hydrogen-bond acceptors (Lipinski definition) is 5. The molecule has 5 nitrogen and oxygen atoms in total. The van der Waals surface area contributed by atoms with Crippen LogP contribution in [0, 0.1) is 0 Å². The fourth-order valence-electron chi connectivity index (χ4n) is 1.71. The van der Waals surface area contributed by atoms with Crippen molar-refractivity contribution in [2.45, 2.75) is 0 Å². The molecule has 1 saturated heterocycles. The van der Waals surface area contributed by atoms with Crippen molar-refractivity contribution in [3.63, 3.8) is 0 Å². The predicted octanol–water partition coefficient (Wildman–Crippen LogP) is 3.26. The van der Waals surface area contributed by atoms with Crippen LogP contribution in [-0.2, 0) is 4.79 Å². The van der Waals surface area contributed by atoms with E-state index in [1.807, 2.05) is 36.4 Å². The number of carbonyl (C=O) groups excluding carboxylic acids is 1. The smallest absolute Gasteiger partial charge is 0.236 e. The lowest BCUT2D eigenvalue weighted by molar-refractivity contribution is -0.116. The zero-order valence-corrected chi connectivity index (χ0v) is 13.1. The lowest BCUT2D eigenvalue weighted by Crippen LogP contribution is -2.19. The van der Waals surface area contributed by atoms with E-state index in [-0.39, 0.29) is 5.91 Å². The molecule has 0 saturated carbocycles. The summed E-state index contributed by atoms with van der Waals surface area (Å²) in [6, 6.07) is 11.5. The van der Waals surface area contributed by atoms with E-state index in [0.29, 0.717) is 16.7 Å². The third kappa shape index (κ3) is 3.62. The van der Waals surface area contributed by atoms with E-state index in [4.69, 9.17) is 4.42 Å². The summed E-state index contributed by atoms with van der Waals surface area (Å²) < 4.78 is 6.69. The second-order valence-corrected chi connectivity index (χ2v) is 6.08. The monoisotopic (exact) mass is 363 g/mol. The Labute approximate surface area is 133 Å². The average molecular weight is 364 g/mol. The Balaban J connectivity index is 1.70. The Morgan fingerprint density at radius 2 is 2.05 bits per heavy atom. The molecule has 1 N–H and O–H groups in total. The number of rotatable bonds is 3. The number of halogens is 1. The first-order valence-electron chi connectivity index (χ1n) is 6.10. The van der Waals surface area contributed by atoms with E-state index < -0.39 is 0 Å².